The summed E-state index contributed by atoms with van der Waals surface area (Å²) in [6.07, 6.45) is 1.44. The van der Waals surface area contributed by atoms with E-state index < -0.39 is 0 Å². The topological polar surface area (TPSA) is 91.8 Å². The number of rotatable bonds is 7. The van der Waals surface area contributed by atoms with Gasteiger partial charge in [0.2, 0.25) is 12.7 Å². The fourth-order valence-corrected chi connectivity index (χ4v) is 3.47. The fraction of sp³-hybridized carbons (Fsp3) is 0.115. The number of carbonyl (C=O) groups is 1. The van der Waals surface area contributed by atoms with Crippen molar-refractivity contribution < 1.29 is 23.7 Å². The minimum Gasteiger partial charge on any atom is -0.497 e. The summed E-state index contributed by atoms with van der Waals surface area (Å²) in [4.78, 5) is 21.1. The Hall–Kier alpha value is -4.59. The molecule has 8 nitrogen and oxygen atoms in total. The molecule has 2 heterocycles. The fourth-order valence-electron chi connectivity index (χ4n) is 3.47. The highest BCUT2D eigenvalue weighted by Gasteiger charge is 2.14. The van der Waals surface area contributed by atoms with Gasteiger partial charge in [0.1, 0.15) is 17.8 Å². The third-order valence-electron chi connectivity index (χ3n) is 5.24. The number of fused-ring (bicyclic) bond motifs is 1. The molecule has 0 unspecified atom stereocenters. The van der Waals surface area contributed by atoms with Gasteiger partial charge in [-0.15, -0.1) is 0 Å². The smallest absolute Gasteiger partial charge is 0.251 e. The Bertz CT molecular complexity index is 1320. The van der Waals surface area contributed by atoms with Crippen LogP contribution in [0.2, 0.25) is 0 Å². The Morgan fingerprint density at radius 1 is 0.941 bits per heavy atom. The van der Waals surface area contributed by atoms with Crippen LogP contribution >= 0.6 is 0 Å². The molecule has 0 aliphatic carbocycles. The normalized spacial score (nSPS) is 11.7. The minimum atomic E-state index is -0.172. The lowest BCUT2D eigenvalue weighted by Gasteiger charge is -2.09. The SMILES string of the molecule is COc1cccc(Oc2cc(-c3ccc(C(=O)NCc4ccc5c(c4)OCO5)cc3)ncn2)c1. The number of ether oxygens (including phenoxy) is 4. The monoisotopic (exact) mass is 455 g/mol. The maximum Gasteiger partial charge on any atom is 0.251 e. The summed E-state index contributed by atoms with van der Waals surface area (Å²) in [7, 11) is 1.60. The van der Waals surface area contributed by atoms with Gasteiger partial charge in [0, 0.05) is 29.8 Å². The number of carbonyl (C=O) groups excluding carboxylic acids is 1. The van der Waals surface area contributed by atoms with Crippen molar-refractivity contribution in [2.45, 2.75) is 6.54 Å². The highest BCUT2D eigenvalue weighted by Crippen LogP contribution is 2.32. The predicted molar refractivity (Wildman–Crippen MR) is 124 cm³/mol. The number of hydrogen-bond donors (Lipinski definition) is 1. The van der Waals surface area contributed by atoms with Crippen molar-refractivity contribution in [3.05, 3.63) is 90.3 Å². The molecule has 0 spiro atoms. The molecule has 8 heteroatoms. The quantitative estimate of drug-likeness (QED) is 0.435. The summed E-state index contributed by atoms with van der Waals surface area (Å²) < 4.78 is 21.7. The van der Waals surface area contributed by atoms with E-state index in [1.807, 2.05) is 48.5 Å². The van der Waals surface area contributed by atoms with Crippen LogP contribution in [0, 0.1) is 0 Å². The Kier molecular flexibility index (Phi) is 5.94. The molecule has 0 saturated carbocycles. The van der Waals surface area contributed by atoms with Crippen LogP contribution in [0.15, 0.2) is 79.1 Å². The van der Waals surface area contributed by atoms with Gasteiger partial charge >= 0.3 is 0 Å². The van der Waals surface area contributed by atoms with Gasteiger partial charge in [0.25, 0.3) is 5.91 Å². The molecule has 1 aliphatic rings. The molecule has 170 valence electrons. The molecule has 0 radical (unpaired) electrons. The van der Waals surface area contributed by atoms with Crippen molar-refractivity contribution in [1.29, 1.82) is 0 Å². The van der Waals surface area contributed by atoms with Crippen LogP contribution in [-0.4, -0.2) is 29.8 Å². The molecule has 34 heavy (non-hydrogen) atoms. The summed E-state index contributed by atoms with van der Waals surface area (Å²) in [5, 5.41) is 2.92. The van der Waals surface area contributed by atoms with Crippen molar-refractivity contribution in [3.8, 4) is 40.1 Å². The summed E-state index contributed by atoms with van der Waals surface area (Å²) in [6, 6.07) is 21.8. The lowest BCUT2D eigenvalue weighted by Crippen LogP contribution is -2.22. The van der Waals surface area contributed by atoms with Gasteiger partial charge < -0.3 is 24.3 Å². The van der Waals surface area contributed by atoms with Crippen molar-refractivity contribution >= 4 is 5.91 Å². The Morgan fingerprint density at radius 2 is 1.76 bits per heavy atom. The standard InChI is InChI=1S/C26H21N3O5/c1-31-20-3-2-4-21(12-20)34-25-13-22(28-15-29-25)18-6-8-19(9-7-18)26(30)27-14-17-5-10-23-24(11-17)33-16-32-23/h2-13,15H,14,16H2,1H3,(H,27,30). The summed E-state index contributed by atoms with van der Waals surface area (Å²) >= 11 is 0. The van der Waals surface area contributed by atoms with Crippen LogP contribution < -0.4 is 24.3 Å². The molecule has 5 rings (SSSR count). The molecule has 3 aromatic carbocycles. The molecule has 1 aromatic heterocycles. The number of amides is 1. The maximum atomic E-state index is 12.6. The van der Waals surface area contributed by atoms with E-state index in [0.717, 1.165) is 11.1 Å². The van der Waals surface area contributed by atoms with E-state index >= 15 is 0 Å². The van der Waals surface area contributed by atoms with E-state index in [1.165, 1.54) is 6.33 Å². The zero-order valence-electron chi connectivity index (χ0n) is 18.4. The Balaban J connectivity index is 1.23. The largest absolute Gasteiger partial charge is 0.497 e. The first-order valence-corrected chi connectivity index (χ1v) is 10.6. The molecule has 0 atom stereocenters. The van der Waals surface area contributed by atoms with Gasteiger partial charge in [0.05, 0.1) is 12.8 Å². The molecule has 0 saturated heterocycles. The second kappa shape index (κ2) is 9.50. The highest BCUT2D eigenvalue weighted by atomic mass is 16.7. The third kappa shape index (κ3) is 4.75. The van der Waals surface area contributed by atoms with Crippen LogP contribution in [0.1, 0.15) is 15.9 Å². The summed E-state index contributed by atoms with van der Waals surface area (Å²) in [5.74, 6) is 2.94. The number of nitrogens with zero attached hydrogens (tertiary/aromatic N) is 2. The highest BCUT2D eigenvalue weighted by molar-refractivity contribution is 5.94. The first-order valence-electron chi connectivity index (χ1n) is 10.6. The van der Waals surface area contributed by atoms with Crippen molar-refractivity contribution in [2.24, 2.45) is 0 Å². The first-order chi connectivity index (χ1) is 16.7. The van der Waals surface area contributed by atoms with E-state index in [1.54, 1.807) is 31.4 Å². The number of nitrogens with one attached hydrogen (secondary N) is 1. The Labute approximate surface area is 196 Å². The van der Waals surface area contributed by atoms with Gasteiger partial charge in [0.15, 0.2) is 11.5 Å². The lowest BCUT2D eigenvalue weighted by atomic mass is 10.1. The molecule has 1 amide bonds. The molecule has 4 aromatic rings. The van der Waals surface area contributed by atoms with Gasteiger partial charge in [-0.05, 0) is 42.0 Å². The number of methoxy groups -OCH3 is 1. The number of benzene rings is 3. The molecular formula is C26H21N3O5. The average molecular weight is 455 g/mol. The van der Waals surface area contributed by atoms with E-state index in [-0.39, 0.29) is 12.7 Å². The van der Waals surface area contributed by atoms with Gasteiger partial charge in [-0.2, -0.15) is 0 Å². The minimum absolute atomic E-state index is 0.172. The van der Waals surface area contributed by atoms with Crippen LogP contribution in [0.5, 0.6) is 28.9 Å². The van der Waals surface area contributed by atoms with Crippen molar-refractivity contribution in [1.82, 2.24) is 15.3 Å². The number of aromatic nitrogens is 2. The molecule has 0 bridgehead atoms. The number of hydrogen-bond acceptors (Lipinski definition) is 7. The van der Waals surface area contributed by atoms with Crippen LogP contribution in [0.4, 0.5) is 0 Å². The van der Waals surface area contributed by atoms with Gasteiger partial charge in [-0.3, -0.25) is 4.79 Å². The van der Waals surface area contributed by atoms with Gasteiger partial charge in [-0.1, -0.05) is 24.3 Å². The van der Waals surface area contributed by atoms with Crippen molar-refractivity contribution in [2.75, 3.05) is 13.9 Å². The van der Waals surface area contributed by atoms with Crippen LogP contribution in [-0.2, 0) is 6.54 Å². The van der Waals surface area contributed by atoms with Crippen LogP contribution in [0.25, 0.3) is 11.3 Å². The molecule has 0 fully saturated rings. The zero-order valence-corrected chi connectivity index (χ0v) is 18.4. The zero-order chi connectivity index (χ0) is 23.3. The average Bonchev–Trinajstić information content (AvgIpc) is 3.36. The Morgan fingerprint density at radius 3 is 2.62 bits per heavy atom. The van der Waals surface area contributed by atoms with E-state index in [0.29, 0.717) is 46.7 Å². The molecule has 1 N–H and O–H groups in total. The van der Waals surface area contributed by atoms with Crippen molar-refractivity contribution in [3.63, 3.8) is 0 Å². The van der Waals surface area contributed by atoms with E-state index in [9.17, 15) is 4.79 Å². The van der Waals surface area contributed by atoms with Gasteiger partial charge in [-0.25, -0.2) is 9.97 Å². The molecular weight excluding hydrogens is 434 g/mol. The summed E-state index contributed by atoms with van der Waals surface area (Å²) in [6.45, 7) is 0.604. The van der Waals surface area contributed by atoms with Crippen LogP contribution in [0.3, 0.4) is 0 Å². The summed E-state index contributed by atoms with van der Waals surface area (Å²) in [5.41, 5.74) is 3.00. The maximum absolute atomic E-state index is 12.6. The van der Waals surface area contributed by atoms with E-state index in [4.69, 9.17) is 18.9 Å². The third-order valence-corrected chi connectivity index (χ3v) is 5.24. The second-order valence-electron chi connectivity index (χ2n) is 7.47. The second-order valence-corrected chi connectivity index (χ2v) is 7.47. The first kappa shape index (κ1) is 21.3. The predicted octanol–water partition coefficient (Wildman–Crippen LogP) is 4.60. The lowest BCUT2D eigenvalue weighted by molar-refractivity contribution is 0.0951. The van der Waals surface area contributed by atoms with E-state index in [2.05, 4.69) is 15.3 Å². The molecule has 1 aliphatic heterocycles.